The largest absolute Gasteiger partial charge is 0.424 e. The third-order valence-corrected chi connectivity index (χ3v) is 4.63. The standard InChI is InChI=1S/C22H20N4O3/c27-20-4-1-2-15-26(20)18-9-5-16(6-10-18)21(28)25-17-7-11-19(12-8-17)29-22-23-13-3-14-24-22/h3,5-14H,1-2,4,15H2,(H,25,28). The maximum absolute atomic E-state index is 12.5. The number of aromatic nitrogens is 2. The van der Waals surface area contributed by atoms with Gasteiger partial charge in [0.2, 0.25) is 5.91 Å². The molecule has 0 aliphatic carbocycles. The number of piperidine rings is 1. The van der Waals surface area contributed by atoms with Crippen molar-refractivity contribution in [3.05, 3.63) is 72.6 Å². The molecule has 0 saturated carbocycles. The predicted octanol–water partition coefficient (Wildman–Crippen LogP) is 4.04. The fourth-order valence-electron chi connectivity index (χ4n) is 3.12. The second-order valence-electron chi connectivity index (χ2n) is 6.66. The summed E-state index contributed by atoms with van der Waals surface area (Å²) in [6.45, 7) is 0.729. The lowest BCUT2D eigenvalue weighted by atomic mass is 10.1. The maximum Gasteiger partial charge on any atom is 0.321 e. The van der Waals surface area contributed by atoms with Gasteiger partial charge in [-0.15, -0.1) is 0 Å². The first-order chi connectivity index (χ1) is 14.2. The molecule has 4 rings (SSSR count). The van der Waals surface area contributed by atoms with Crippen molar-refractivity contribution < 1.29 is 14.3 Å². The van der Waals surface area contributed by atoms with Crippen LogP contribution in [-0.2, 0) is 4.79 Å². The highest BCUT2D eigenvalue weighted by Crippen LogP contribution is 2.23. The molecule has 0 spiro atoms. The average molecular weight is 388 g/mol. The van der Waals surface area contributed by atoms with Gasteiger partial charge in [0.05, 0.1) is 0 Å². The third kappa shape index (κ3) is 4.57. The fraction of sp³-hybridized carbons (Fsp3) is 0.182. The van der Waals surface area contributed by atoms with Gasteiger partial charge in [0.15, 0.2) is 0 Å². The summed E-state index contributed by atoms with van der Waals surface area (Å²) in [4.78, 5) is 34.3. The van der Waals surface area contributed by atoms with E-state index in [9.17, 15) is 9.59 Å². The quantitative estimate of drug-likeness (QED) is 0.713. The molecule has 1 N–H and O–H groups in total. The van der Waals surface area contributed by atoms with Gasteiger partial charge < -0.3 is 15.0 Å². The Hall–Kier alpha value is -3.74. The van der Waals surface area contributed by atoms with Gasteiger partial charge in [-0.1, -0.05) is 0 Å². The van der Waals surface area contributed by atoms with Gasteiger partial charge in [-0.2, -0.15) is 0 Å². The van der Waals surface area contributed by atoms with Gasteiger partial charge in [0.1, 0.15) is 5.75 Å². The molecule has 0 unspecified atom stereocenters. The van der Waals surface area contributed by atoms with E-state index < -0.39 is 0 Å². The number of benzene rings is 2. The summed E-state index contributed by atoms with van der Waals surface area (Å²) in [7, 11) is 0. The van der Waals surface area contributed by atoms with E-state index in [1.807, 2.05) is 12.1 Å². The summed E-state index contributed by atoms with van der Waals surface area (Å²) in [6, 6.07) is 16.0. The molecule has 2 heterocycles. The van der Waals surface area contributed by atoms with Gasteiger partial charge >= 0.3 is 6.01 Å². The van der Waals surface area contributed by atoms with Crippen LogP contribution in [0, 0.1) is 0 Å². The zero-order valence-corrected chi connectivity index (χ0v) is 15.7. The molecule has 0 atom stereocenters. The molecule has 7 nitrogen and oxygen atoms in total. The summed E-state index contributed by atoms with van der Waals surface area (Å²) < 4.78 is 5.54. The fourth-order valence-corrected chi connectivity index (χ4v) is 3.12. The third-order valence-electron chi connectivity index (χ3n) is 4.63. The van der Waals surface area contributed by atoms with Gasteiger partial charge in [0.25, 0.3) is 5.91 Å². The minimum Gasteiger partial charge on any atom is -0.424 e. The summed E-state index contributed by atoms with van der Waals surface area (Å²) >= 11 is 0. The van der Waals surface area contributed by atoms with Crippen molar-refractivity contribution in [2.45, 2.75) is 19.3 Å². The SMILES string of the molecule is O=C(Nc1ccc(Oc2ncccn2)cc1)c1ccc(N2CCCCC2=O)cc1. The molecule has 1 aliphatic rings. The van der Waals surface area contributed by atoms with Crippen LogP contribution in [0.5, 0.6) is 11.8 Å². The van der Waals surface area contributed by atoms with Crippen LogP contribution >= 0.6 is 0 Å². The van der Waals surface area contributed by atoms with E-state index in [1.165, 1.54) is 0 Å². The molecule has 7 heteroatoms. The number of hydrogen-bond donors (Lipinski definition) is 1. The van der Waals surface area contributed by atoms with Gasteiger partial charge in [-0.05, 0) is 67.4 Å². The van der Waals surface area contributed by atoms with Crippen molar-refractivity contribution in [3.8, 4) is 11.8 Å². The molecule has 1 aromatic heterocycles. The molecule has 3 aromatic rings. The Kier molecular flexibility index (Phi) is 5.47. The first kappa shape index (κ1) is 18.6. The summed E-state index contributed by atoms with van der Waals surface area (Å²) in [5.74, 6) is 0.489. The van der Waals surface area contributed by atoms with Crippen molar-refractivity contribution in [1.82, 2.24) is 9.97 Å². The highest BCUT2D eigenvalue weighted by Gasteiger charge is 2.19. The number of nitrogens with zero attached hydrogens (tertiary/aromatic N) is 3. The Labute approximate surface area is 168 Å². The second-order valence-corrected chi connectivity index (χ2v) is 6.66. The van der Waals surface area contributed by atoms with E-state index in [4.69, 9.17) is 4.74 Å². The van der Waals surface area contributed by atoms with Crippen LogP contribution < -0.4 is 15.0 Å². The Balaban J connectivity index is 1.38. The first-order valence-corrected chi connectivity index (χ1v) is 9.46. The maximum atomic E-state index is 12.5. The smallest absolute Gasteiger partial charge is 0.321 e. The normalized spacial score (nSPS) is 13.8. The van der Waals surface area contributed by atoms with Crippen molar-refractivity contribution in [2.24, 2.45) is 0 Å². The number of hydrogen-bond acceptors (Lipinski definition) is 5. The van der Waals surface area contributed by atoms with E-state index in [-0.39, 0.29) is 17.8 Å². The average Bonchev–Trinajstić information content (AvgIpc) is 2.76. The molecular formula is C22H20N4O3. The molecule has 1 fully saturated rings. The van der Waals surface area contributed by atoms with E-state index in [1.54, 1.807) is 59.8 Å². The molecule has 29 heavy (non-hydrogen) atoms. The number of anilines is 2. The number of amides is 2. The van der Waals surface area contributed by atoms with E-state index in [0.717, 1.165) is 25.1 Å². The molecule has 2 amide bonds. The van der Waals surface area contributed by atoms with Crippen molar-refractivity contribution in [2.75, 3.05) is 16.8 Å². The molecule has 0 radical (unpaired) electrons. The molecule has 0 bridgehead atoms. The van der Waals surface area contributed by atoms with Crippen molar-refractivity contribution in [1.29, 1.82) is 0 Å². The molecule has 146 valence electrons. The number of rotatable bonds is 5. The summed E-state index contributed by atoms with van der Waals surface area (Å²) in [5, 5.41) is 2.85. The minimum absolute atomic E-state index is 0.136. The lowest BCUT2D eigenvalue weighted by Gasteiger charge is -2.26. The highest BCUT2D eigenvalue weighted by atomic mass is 16.5. The van der Waals surface area contributed by atoms with Crippen LogP contribution in [0.25, 0.3) is 0 Å². The van der Waals surface area contributed by atoms with Crippen LogP contribution in [-0.4, -0.2) is 28.3 Å². The van der Waals surface area contributed by atoms with E-state index >= 15 is 0 Å². The number of carbonyl (C=O) groups is 2. The number of ether oxygens (including phenoxy) is 1. The molecule has 1 saturated heterocycles. The molecule has 2 aromatic carbocycles. The first-order valence-electron chi connectivity index (χ1n) is 9.46. The van der Waals surface area contributed by atoms with Crippen LogP contribution in [0.4, 0.5) is 11.4 Å². The lowest BCUT2D eigenvalue weighted by molar-refractivity contribution is -0.119. The Morgan fingerprint density at radius 2 is 1.69 bits per heavy atom. The Morgan fingerprint density at radius 1 is 0.966 bits per heavy atom. The lowest BCUT2D eigenvalue weighted by Crippen LogP contribution is -2.35. The topological polar surface area (TPSA) is 84.4 Å². The van der Waals surface area contributed by atoms with Crippen molar-refractivity contribution in [3.63, 3.8) is 0 Å². The van der Waals surface area contributed by atoms with Crippen LogP contribution in [0.3, 0.4) is 0 Å². The monoisotopic (exact) mass is 388 g/mol. The van der Waals surface area contributed by atoms with Gasteiger partial charge in [-0.3, -0.25) is 9.59 Å². The van der Waals surface area contributed by atoms with Gasteiger partial charge in [-0.25, -0.2) is 9.97 Å². The van der Waals surface area contributed by atoms with Crippen LogP contribution in [0.1, 0.15) is 29.6 Å². The van der Waals surface area contributed by atoms with E-state index in [2.05, 4.69) is 15.3 Å². The highest BCUT2D eigenvalue weighted by molar-refractivity contribution is 6.04. The minimum atomic E-state index is -0.221. The zero-order chi connectivity index (χ0) is 20.1. The predicted molar refractivity (Wildman–Crippen MR) is 109 cm³/mol. The Morgan fingerprint density at radius 3 is 2.38 bits per heavy atom. The van der Waals surface area contributed by atoms with Crippen molar-refractivity contribution >= 4 is 23.2 Å². The number of nitrogens with one attached hydrogen (secondary N) is 1. The summed E-state index contributed by atoms with van der Waals surface area (Å²) in [6.07, 6.45) is 5.73. The van der Waals surface area contributed by atoms with E-state index in [0.29, 0.717) is 23.4 Å². The second kappa shape index (κ2) is 8.52. The molecular weight excluding hydrogens is 368 g/mol. The van der Waals surface area contributed by atoms with Crippen LogP contribution in [0.2, 0.25) is 0 Å². The number of carbonyl (C=O) groups excluding carboxylic acids is 2. The summed E-state index contributed by atoms with van der Waals surface area (Å²) in [5.41, 5.74) is 2.00. The zero-order valence-electron chi connectivity index (χ0n) is 15.7. The van der Waals surface area contributed by atoms with Crippen LogP contribution in [0.15, 0.2) is 67.0 Å². The Bertz CT molecular complexity index is 989. The molecule has 1 aliphatic heterocycles. The van der Waals surface area contributed by atoms with Gasteiger partial charge in [0, 0.05) is 42.3 Å².